The molecular formula is C20H26N6O3. The van der Waals surface area contributed by atoms with Crippen molar-refractivity contribution in [1.82, 2.24) is 20.0 Å². The highest BCUT2D eigenvalue weighted by Crippen LogP contribution is 2.15. The van der Waals surface area contributed by atoms with Gasteiger partial charge in [0, 0.05) is 50.7 Å². The van der Waals surface area contributed by atoms with Crippen LogP contribution in [-0.2, 0) is 16.6 Å². The fourth-order valence-corrected chi connectivity index (χ4v) is 3.29. The van der Waals surface area contributed by atoms with E-state index < -0.39 is 0 Å². The Balaban J connectivity index is 1.40. The number of aryl methyl sites for hydroxylation is 1. The van der Waals surface area contributed by atoms with Gasteiger partial charge >= 0.3 is 0 Å². The zero-order valence-electron chi connectivity index (χ0n) is 16.6. The minimum Gasteiger partial charge on any atom is -0.349 e. The van der Waals surface area contributed by atoms with Gasteiger partial charge in [0.25, 0.3) is 5.91 Å². The molecule has 0 unspecified atom stereocenters. The SMILES string of the molecule is CC(=O)Nc1ccc(NC(=O)CN2CCC(NC(=O)c3cnn(C)c3)CC2)cc1. The van der Waals surface area contributed by atoms with Crippen molar-refractivity contribution in [2.24, 2.45) is 7.05 Å². The van der Waals surface area contributed by atoms with Crippen molar-refractivity contribution in [2.45, 2.75) is 25.8 Å². The molecule has 1 fully saturated rings. The molecule has 0 radical (unpaired) electrons. The van der Waals surface area contributed by atoms with Crippen LogP contribution in [0.5, 0.6) is 0 Å². The summed E-state index contributed by atoms with van der Waals surface area (Å²) in [5.74, 6) is -0.339. The van der Waals surface area contributed by atoms with Crippen LogP contribution in [0.15, 0.2) is 36.7 Å². The van der Waals surface area contributed by atoms with Gasteiger partial charge < -0.3 is 16.0 Å². The highest BCUT2D eigenvalue weighted by molar-refractivity contribution is 5.94. The van der Waals surface area contributed by atoms with E-state index >= 15 is 0 Å². The van der Waals surface area contributed by atoms with Gasteiger partial charge in [0.05, 0.1) is 18.3 Å². The van der Waals surface area contributed by atoms with Crippen molar-refractivity contribution in [3.63, 3.8) is 0 Å². The molecule has 0 aliphatic carbocycles. The van der Waals surface area contributed by atoms with Crippen molar-refractivity contribution in [1.29, 1.82) is 0 Å². The van der Waals surface area contributed by atoms with Crippen molar-refractivity contribution in [3.05, 3.63) is 42.2 Å². The molecule has 3 amide bonds. The van der Waals surface area contributed by atoms with E-state index in [1.165, 1.54) is 6.92 Å². The average molecular weight is 398 g/mol. The Labute approximate surface area is 169 Å². The van der Waals surface area contributed by atoms with E-state index in [-0.39, 0.29) is 23.8 Å². The molecule has 1 saturated heterocycles. The largest absolute Gasteiger partial charge is 0.349 e. The maximum atomic E-state index is 12.3. The lowest BCUT2D eigenvalue weighted by Gasteiger charge is -2.31. The lowest BCUT2D eigenvalue weighted by atomic mass is 10.0. The highest BCUT2D eigenvalue weighted by atomic mass is 16.2. The molecule has 1 aromatic heterocycles. The monoisotopic (exact) mass is 398 g/mol. The summed E-state index contributed by atoms with van der Waals surface area (Å²) in [4.78, 5) is 37.6. The number of rotatable bonds is 6. The van der Waals surface area contributed by atoms with Crippen molar-refractivity contribution in [2.75, 3.05) is 30.3 Å². The molecule has 9 heteroatoms. The number of likely N-dealkylation sites (tertiary alicyclic amines) is 1. The predicted molar refractivity (Wildman–Crippen MR) is 110 cm³/mol. The third kappa shape index (κ3) is 6.15. The zero-order valence-corrected chi connectivity index (χ0v) is 16.6. The zero-order chi connectivity index (χ0) is 20.8. The number of carbonyl (C=O) groups excluding carboxylic acids is 3. The summed E-state index contributed by atoms with van der Waals surface area (Å²) < 4.78 is 1.60. The number of hydrogen-bond donors (Lipinski definition) is 3. The van der Waals surface area contributed by atoms with Crippen LogP contribution in [0.3, 0.4) is 0 Å². The third-order valence-corrected chi connectivity index (χ3v) is 4.75. The Morgan fingerprint density at radius 2 is 1.69 bits per heavy atom. The molecule has 154 valence electrons. The number of nitrogens with zero attached hydrogens (tertiary/aromatic N) is 3. The summed E-state index contributed by atoms with van der Waals surface area (Å²) >= 11 is 0. The normalized spacial score (nSPS) is 15.0. The van der Waals surface area contributed by atoms with Crippen molar-refractivity contribution >= 4 is 29.1 Å². The van der Waals surface area contributed by atoms with Gasteiger partial charge in [-0.05, 0) is 37.1 Å². The molecule has 29 heavy (non-hydrogen) atoms. The van der Waals surface area contributed by atoms with E-state index in [4.69, 9.17) is 0 Å². The molecule has 1 aromatic carbocycles. The van der Waals surface area contributed by atoms with Gasteiger partial charge in [-0.2, -0.15) is 5.10 Å². The first-order valence-electron chi connectivity index (χ1n) is 9.58. The molecule has 0 atom stereocenters. The molecule has 2 heterocycles. The van der Waals surface area contributed by atoms with Crippen LogP contribution >= 0.6 is 0 Å². The molecule has 0 bridgehead atoms. The summed E-state index contributed by atoms with van der Waals surface area (Å²) in [6.45, 7) is 3.24. The predicted octanol–water partition coefficient (Wildman–Crippen LogP) is 1.21. The van der Waals surface area contributed by atoms with Crippen LogP contribution in [0, 0.1) is 0 Å². The molecule has 2 aromatic rings. The molecule has 1 aliphatic heterocycles. The second-order valence-electron chi connectivity index (χ2n) is 7.23. The Bertz CT molecular complexity index is 869. The third-order valence-electron chi connectivity index (χ3n) is 4.75. The topological polar surface area (TPSA) is 108 Å². The quantitative estimate of drug-likeness (QED) is 0.678. The fourth-order valence-electron chi connectivity index (χ4n) is 3.29. The van der Waals surface area contributed by atoms with Crippen LogP contribution in [0.2, 0.25) is 0 Å². The number of nitrogens with one attached hydrogen (secondary N) is 3. The van der Waals surface area contributed by atoms with Crippen LogP contribution in [0.1, 0.15) is 30.1 Å². The maximum absolute atomic E-state index is 12.3. The van der Waals surface area contributed by atoms with Gasteiger partial charge in [0.2, 0.25) is 11.8 Å². The first kappa shape index (κ1) is 20.5. The van der Waals surface area contributed by atoms with Crippen LogP contribution < -0.4 is 16.0 Å². The molecule has 1 aliphatic rings. The first-order valence-corrected chi connectivity index (χ1v) is 9.58. The van der Waals surface area contributed by atoms with Gasteiger partial charge in [-0.15, -0.1) is 0 Å². The summed E-state index contributed by atoms with van der Waals surface area (Å²) in [5, 5.41) is 12.6. The molecule has 0 saturated carbocycles. The number of carbonyl (C=O) groups is 3. The lowest BCUT2D eigenvalue weighted by molar-refractivity contribution is -0.117. The Morgan fingerprint density at radius 1 is 1.07 bits per heavy atom. The van der Waals surface area contributed by atoms with E-state index in [2.05, 4.69) is 25.9 Å². The molecular weight excluding hydrogens is 372 g/mol. The van der Waals surface area contributed by atoms with E-state index in [1.807, 2.05) is 0 Å². The summed E-state index contributed by atoms with van der Waals surface area (Å²) in [6.07, 6.45) is 4.84. The van der Waals surface area contributed by atoms with Gasteiger partial charge in [-0.3, -0.25) is 24.0 Å². The van der Waals surface area contributed by atoms with Crippen molar-refractivity contribution in [3.8, 4) is 0 Å². The second-order valence-corrected chi connectivity index (χ2v) is 7.23. The smallest absolute Gasteiger partial charge is 0.254 e. The highest BCUT2D eigenvalue weighted by Gasteiger charge is 2.23. The van der Waals surface area contributed by atoms with Gasteiger partial charge in [0.1, 0.15) is 0 Å². The fraction of sp³-hybridized carbons (Fsp3) is 0.400. The van der Waals surface area contributed by atoms with E-state index in [0.717, 1.165) is 25.9 Å². The lowest BCUT2D eigenvalue weighted by Crippen LogP contribution is -2.46. The van der Waals surface area contributed by atoms with E-state index in [9.17, 15) is 14.4 Å². The number of anilines is 2. The first-order chi connectivity index (χ1) is 13.9. The molecule has 3 N–H and O–H groups in total. The minimum atomic E-state index is -0.137. The number of benzene rings is 1. The maximum Gasteiger partial charge on any atom is 0.254 e. The number of piperidine rings is 1. The van der Waals surface area contributed by atoms with Crippen LogP contribution in [-0.4, -0.2) is 58.1 Å². The Morgan fingerprint density at radius 3 is 2.24 bits per heavy atom. The Kier molecular flexibility index (Phi) is 6.61. The standard InChI is InChI=1S/C20H26N6O3/c1-14(27)22-16-3-5-17(6-4-16)23-19(28)13-26-9-7-18(8-10-26)24-20(29)15-11-21-25(2)12-15/h3-6,11-12,18H,7-10,13H2,1-2H3,(H,22,27)(H,23,28)(H,24,29). The molecule has 3 rings (SSSR count). The summed E-state index contributed by atoms with van der Waals surface area (Å²) in [7, 11) is 1.78. The van der Waals surface area contributed by atoms with Crippen LogP contribution in [0.4, 0.5) is 11.4 Å². The van der Waals surface area contributed by atoms with Crippen LogP contribution in [0.25, 0.3) is 0 Å². The van der Waals surface area contributed by atoms with Gasteiger partial charge in [-0.1, -0.05) is 0 Å². The summed E-state index contributed by atoms with van der Waals surface area (Å²) in [5.41, 5.74) is 1.92. The number of aromatic nitrogens is 2. The number of hydrogen-bond acceptors (Lipinski definition) is 5. The second kappa shape index (κ2) is 9.33. The molecule has 9 nitrogen and oxygen atoms in total. The Hall–Kier alpha value is -3.20. The summed E-state index contributed by atoms with van der Waals surface area (Å²) in [6, 6.07) is 7.09. The molecule has 0 spiro atoms. The van der Waals surface area contributed by atoms with Gasteiger partial charge in [0.15, 0.2) is 0 Å². The van der Waals surface area contributed by atoms with Gasteiger partial charge in [-0.25, -0.2) is 0 Å². The van der Waals surface area contributed by atoms with E-state index in [0.29, 0.717) is 23.5 Å². The average Bonchev–Trinajstić information content (AvgIpc) is 3.11. The minimum absolute atomic E-state index is 0.0878. The van der Waals surface area contributed by atoms with E-state index in [1.54, 1.807) is 48.4 Å². The number of amides is 3. The van der Waals surface area contributed by atoms with Crippen molar-refractivity contribution < 1.29 is 14.4 Å².